The van der Waals surface area contributed by atoms with Gasteiger partial charge in [-0.15, -0.1) is 0 Å². The Balaban J connectivity index is 2.38. The number of ether oxygens (including phenoxy) is 2. The van der Waals surface area contributed by atoms with Crippen LogP contribution in [-0.4, -0.2) is 0 Å². The molecule has 0 saturated carbocycles. The number of alkyl halides is 21. The largest absolute Gasteiger partial charge is 0.457 e. The van der Waals surface area contributed by atoms with Crippen LogP contribution in [0, 0.1) is 0 Å². The van der Waals surface area contributed by atoms with Crippen LogP contribution in [0.2, 0.25) is 0 Å². The maximum atomic E-state index is 13.9. The predicted octanol–water partition coefficient (Wildman–Crippen LogP) is 11.6. The second-order valence-corrected chi connectivity index (χ2v) is 9.52. The molecule has 4 nitrogen and oxygen atoms in total. The molecule has 0 aromatic heterocycles. The van der Waals surface area contributed by atoms with Crippen LogP contribution in [0.25, 0.3) is 0 Å². The molecular formula is C25H9F21N2O2. The molecule has 3 aromatic rings. The topological polar surface area (TPSA) is 70.5 Å². The molecule has 0 amide bonds. The Morgan fingerprint density at radius 2 is 0.660 bits per heavy atom. The molecule has 4 N–H and O–H groups in total. The highest BCUT2D eigenvalue weighted by Gasteiger charge is 2.52. The minimum absolute atomic E-state index is 0.110. The molecule has 3 rings (SSSR count). The van der Waals surface area contributed by atoms with E-state index in [0.717, 1.165) is 0 Å². The average Bonchev–Trinajstić information content (AvgIpc) is 2.86. The SMILES string of the molecule is Nc1c(C(F)(F)F)cc(Oc2ccc(Oc3cc(C(F)(F)F)c(N)c(C(F)(F)F)c3C(F)(F)F)c(C(F)(F)F)c2)c(C(F)(F)F)c1C(F)(F)F. The summed E-state index contributed by atoms with van der Waals surface area (Å²) in [6, 6.07) is -2.67. The Morgan fingerprint density at radius 1 is 0.340 bits per heavy atom. The van der Waals surface area contributed by atoms with Gasteiger partial charge in [-0.2, -0.15) is 92.2 Å². The maximum absolute atomic E-state index is 13.9. The van der Waals surface area contributed by atoms with E-state index < -0.39 is 135 Å². The monoisotopic (exact) mass is 768 g/mol. The molecule has 50 heavy (non-hydrogen) atoms. The van der Waals surface area contributed by atoms with Crippen molar-refractivity contribution in [3.63, 3.8) is 0 Å². The average molecular weight is 768 g/mol. The number of nitrogen functional groups attached to an aromatic ring is 2. The van der Waals surface area contributed by atoms with Crippen LogP contribution in [0.3, 0.4) is 0 Å². The summed E-state index contributed by atoms with van der Waals surface area (Å²) < 4.78 is 295. The number of benzene rings is 3. The molecule has 0 aliphatic heterocycles. The van der Waals surface area contributed by atoms with Crippen LogP contribution in [0.4, 0.5) is 104 Å². The van der Waals surface area contributed by atoms with Crippen LogP contribution in [0.15, 0.2) is 30.3 Å². The highest BCUT2D eigenvalue weighted by atomic mass is 19.4. The Bertz CT molecular complexity index is 1770. The van der Waals surface area contributed by atoms with Crippen LogP contribution < -0.4 is 20.9 Å². The molecular weight excluding hydrogens is 759 g/mol. The van der Waals surface area contributed by atoms with Gasteiger partial charge in [0.1, 0.15) is 39.7 Å². The van der Waals surface area contributed by atoms with Gasteiger partial charge in [-0.3, -0.25) is 0 Å². The van der Waals surface area contributed by atoms with Gasteiger partial charge in [-0.1, -0.05) is 0 Å². The van der Waals surface area contributed by atoms with E-state index in [4.69, 9.17) is 11.5 Å². The zero-order chi connectivity index (χ0) is 39.0. The molecule has 0 bridgehead atoms. The van der Waals surface area contributed by atoms with Crippen molar-refractivity contribution >= 4 is 11.4 Å². The summed E-state index contributed by atoms with van der Waals surface area (Å²) in [6.07, 6.45) is -43.4. The summed E-state index contributed by atoms with van der Waals surface area (Å²) in [5, 5.41) is 0. The normalized spacial score (nSPS) is 13.9. The van der Waals surface area contributed by atoms with E-state index in [-0.39, 0.29) is 12.1 Å². The van der Waals surface area contributed by atoms with Gasteiger partial charge < -0.3 is 20.9 Å². The van der Waals surface area contributed by atoms with Crippen molar-refractivity contribution in [2.75, 3.05) is 11.5 Å². The molecule has 0 unspecified atom stereocenters. The first-order chi connectivity index (χ1) is 22.1. The fourth-order valence-electron chi connectivity index (χ4n) is 4.26. The highest BCUT2D eigenvalue weighted by Crippen LogP contribution is 2.55. The zero-order valence-corrected chi connectivity index (χ0v) is 22.8. The Hall–Kier alpha value is -4.61. The van der Waals surface area contributed by atoms with E-state index in [1.54, 1.807) is 0 Å². The molecule has 0 saturated heterocycles. The lowest BCUT2D eigenvalue weighted by Crippen LogP contribution is -2.23. The summed E-state index contributed by atoms with van der Waals surface area (Å²) in [5.41, 5.74) is -16.3. The fourth-order valence-corrected chi connectivity index (χ4v) is 4.26. The number of rotatable bonds is 4. The van der Waals surface area contributed by atoms with E-state index in [1.165, 1.54) is 0 Å². The zero-order valence-electron chi connectivity index (χ0n) is 22.8. The second-order valence-electron chi connectivity index (χ2n) is 9.52. The first kappa shape index (κ1) is 39.8. The van der Waals surface area contributed by atoms with Crippen molar-refractivity contribution in [3.05, 3.63) is 69.3 Å². The molecule has 0 radical (unpaired) electrons. The lowest BCUT2D eigenvalue weighted by Gasteiger charge is -2.25. The van der Waals surface area contributed by atoms with Crippen LogP contribution in [-0.2, 0) is 43.2 Å². The van der Waals surface area contributed by atoms with Crippen molar-refractivity contribution < 1.29 is 102 Å². The van der Waals surface area contributed by atoms with Crippen molar-refractivity contribution in [2.45, 2.75) is 43.2 Å². The van der Waals surface area contributed by atoms with E-state index in [1.807, 2.05) is 0 Å². The third kappa shape index (κ3) is 8.05. The first-order valence-corrected chi connectivity index (χ1v) is 12.0. The van der Waals surface area contributed by atoms with E-state index in [9.17, 15) is 92.2 Å². The molecule has 0 spiro atoms. The lowest BCUT2D eigenvalue weighted by molar-refractivity contribution is -0.163. The lowest BCUT2D eigenvalue weighted by atomic mass is 9.98. The van der Waals surface area contributed by atoms with E-state index >= 15 is 0 Å². The Morgan fingerprint density at radius 3 is 0.960 bits per heavy atom. The van der Waals surface area contributed by atoms with Gasteiger partial charge >= 0.3 is 43.2 Å². The standard InChI is InChI=1S/C25H9F21N2O2/c26-19(27,28)7-3-6(49-11-4-8(20(29,30)31)17(47)15(24(41,42)43)13(11)22(35,36)37)1-2-10(7)50-12-5-9(21(32,33)34)18(48)16(25(44,45)46)14(12)23(38,39)40/h1-5H,47-48H2. The minimum atomic E-state index is -6.38. The first-order valence-electron chi connectivity index (χ1n) is 12.0. The highest BCUT2D eigenvalue weighted by molar-refractivity contribution is 5.67. The van der Waals surface area contributed by atoms with Crippen molar-refractivity contribution in [2.24, 2.45) is 0 Å². The van der Waals surface area contributed by atoms with E-state index in [0.29, 0.717) is 0 Å². The molecule has 0 atom stereocenters. The number of hydrogen-bond donors (Lipinski definition) is 2. The Kier molecular flexibility index (Phi) is 9.57. The quantitative estimate of drug-likeness (QED) is 0.205. The number of halogens is 21. The third-order valence-electron chi connectivity index (χ3n) is 6.11. The number of anilines is 2. The van der Waals surface area contributed by atoms with Gasteiger partial charge in [0, 0.05) is 0 Å². The summed E-state index contributed by atoms with van der Waals surface area (Å²) in [4.78, 5) is 0. The van der Waals surface area contributed by atoms with Crippen molar-refractivity contribution in [1.29, 1.82) is 0 Å². The second kappa shape index (κ2) is 12.0. The van der Waals surface area contributed by atoms with E-state index in [2.05, 4.69) is 9.47 Å². The van der Waals surface area contributed by atoms with Crippen LogP contribution >= 0.6 is 0 Å². The van der Waals surface area contributed by atoms with Gasteiger partial charge in [-0.25, -0.2) is 0 Å². The molecule has 0 fully saturated rings. The van der Waals surface area contributed by atoms with Gasteiger partial charge in [0.25, 0.3) is 0 Å². The smallest absolute Gasteiger partial charge is 0.420 e. The van der Waals surface area contributed by atoms with Crippen molar-refractivity contribution in [1.82, 2.24) is 0 Å². The summed E-state index contributed by atoms with van der Waals surface area (Å²) in [5.74, 6) is -8.97. The number of hydrogen-bond acceptors (Lipinski definition) is 4. The molecule has 3 aromatic carbocycles. The fraction of sp³-hybridized carbons (Fsp3) is 0.280. The Labute approximate surface area is 260 Å². The predicted molar refractivity (Wildman–Crippen MR) is 123 cm³/mol. The van der Waals surface area contributed by atoms with Gasteiger partial charge in [0.05, 0.1) is 33.6 Å². The summed E-state index contributed by atoms with van der Waals surface area (Å²) in [7, 11) is 0. The maximum Gasteiger partial charge on any atom is 0.420 e. The number of nitrogens with two attached hydrogens (primary N) is 2. The third-order valence-corrected chi connectivity index (χ3v) is 6.11. The van der Waals surface area contributed by atoms with Crippen molar-refractivity contribution in [3.8, 4) is 23.0 Å². The van der Waals surface area contributed by atoms with Crippen LogP contribution in [0.5, 0.6) is 23.0 Å². The summed E-state index contributed by atoms with van der Waals surface area (Å²) in [6.45, 7) is 0. The molecule has 0 aliphatic rings. The van der Waals surface area contributed by atoms with Gasteiger partial charge in [0.2, 0.25) is 0 Å². The molecule has 25 heteroatoms. The molecule has 0 heterocycles. The minimum Gasteiger partial charge on any atom is -0.457 e. The van der Waals surface area contributed by atoms with Crippen LogP contribution in [0.1, 0.15) is 38.9 Å². The summed E-state index contributed by atoms with van der Waals surface area (Å²) >= 11 is 0. The van der Waals surface area contributed by atoms with Gasteiger partial charge in [-0.05, 0) is 30.3 Å². The molecule has 278 valence electrons. The van der Waals surface area contributed by atoms with Gasteiger partial charge in [0.15, 0.2) is 0 Å². The molecule has 0 aliphatic carbocycles.